The van der Waals surface area contributed by atoms with Crippen molar-refractivity contribution in [2.45, 2.75) is 0 Å². The van der Waals surface area contributed by atoms with Crippen LogP contribution in [0.5, 0.6) is 0 Å². The standard InChI is InChI=1S/C20H23N3O7S/c1-22(2)31(27,28)23(3)15-9-6-13(7-10-15)18(24)21-17-12-14(19(25)29-4)8-11-16(17)20(26)30-5/h6-12H,1-5H3,(H,21,24). The predicted molar refractivity (Wildman–Crippen MR) is 115 cm³/mol. The summed E-state index contributed by atoms with van der Waals surface area (Å²) < 4.78 is 36.0. The molecule has 0 unspecified atom stereocenters. The van der Waals surface area contributed by atoms with Crippen molar-refractivity contribution in [1.29, 1.82) is 0 Å². The van der Waals surface area contributed by atoms with Crippen LogP contribution in [0.25, 0.3) is 0 Å². The molecule has 0 radical (unpaired) electrons. The summed E-state index contributed by atoms with van der Waals surface area (Å²) in [6, 6.07) is 9.86. The lowest BCUT2D eigenvalue weighted by Gasteiger charge is -2.23. The first-order chi connectivity index (χ1) is 14.5. The third kappa shape index (κ3) is 5.19. The Balaban J connectivity index is 2.32. The third-order valence-electron chi connectivity index (χ3n) is 4.39. The monoisotopic (exact) mass is 449 g/mol. The molecule has 0 aliphatic heterocycles. The van der Waals surface area contributed by atoms with Crippen LogP contribution in [0.1, 0.15) is 31.1 Å². The number of benzene rings is 2. The number of carbonyl (C=O) groups is 3. The number of ether oxygens (including phenoxy) is 2. The molecule has 2 rings (SSSR count). The van der Waals surface area contributed by atoms with Gasteiger partial charge in [0.05, 0.1) is 36.7 Å². The molecule has 2 aromatic rings. The van der Waals surface area contributed by atoms with Gasteiger partial charge in [0.2, 0.25) is 0 Å². The van der Waals surface area contributed by atoms with Crippen molar-refractivity contribution in [3.63, 3.8) is 0 Å². The lowest BCUT2D eigenvalue weighted by molar-refractivity contribution is 0.0587. The van der Waals surface area contributed by atoms with Gasteiger partial charge in [-0.15, -0.1) is 0 Å². The molecule has 1 amide bonds. The maximum atomic E-state index is 12.7. The van der Waals surface area contributed by atoms with Crippen molar-refractivity contribution >= 4 is 39.4 Å². The first kappa shape index (κ1) is 23.8. The van der Waals surface area contributed by atoms with Crippen molar-refractivity contribution in [3.8, 4) is 0 Å². The number of nitrogens with one attached hydrogen (secondary N) is 1. The third-order valence-corrected chi connectivity index (χ3v) is 6.22. The van der Waals surface area contributed by atoms with Gasteiger partial charge >= 0.3 is 22.1 Å². The Bertz CT molecular complexity index is 1100. The molecule has 0 atom stereocenters. The molecule has 0 fully saturated rings. The Morgan fingerprint density at radius 1 is 0.839 bits per heavy atom. The summed E-state index contributed by atoms with van der Waals surface area (Å²) in [6.45, 7) is 0. The minimum absolute atomic E-state index is 0.0527. The van der Waals surface area contributed by atoms with E-state index in [0.29, 0.717) is 5.69 Å². The zero-order valence-corrected chi connectivity index (χ0v) is 18.5. The Kier molecular flexibility index (Phi) is 7.37. The largest absolute Gasteiger partial charge is 0.465 e. The number of rotatable bonds is 7. The van der Waals surface area contributed by atoms with Gasteiger partial charge in [-0.05, 0) is 42.5 Å². The lowest BCUT2D eigenvalue weighted by Crippen LogP contribution is -2.37. The van der Waals surface area contributed by atoms with Gasteiger partial charge in [0.25, 0.3) is 5.91 Å². The molecule has 2 aromatic carbocycles. The molecule has 0 saturated heterocycles. The average Bonchev–Trinajstić information content (AvgIpc) is 2.77. The summed E-state index contributed by atoms with van der Waals surface area (Å²) in [7, 11) is 2.95. The molecule has 0 aromatic heterocycles. The Hall–Kier alpha value is -3.44. The molecule has 0 aliphatic rings. The summed E-state index contributed by atoms with van der Waals surface area (Å²) in [5.74, 6) is -1.91. The van der Waals surface area contributed by atoms with E-state index < -0.39 is 28.1 Å². The SMILES string of the molecule is COC(=O)c1ccc(C(=O)OC)c(NC(=O)c2ccc(N(C)S(=O)(=O)N(C)C)cc2)c1. The molecular weight excluding hydrogens is 426 g/mol. The van der Waals surface area contributed by atoms with Crippen LogP contribution in [0.15, 0.2) is 42.5 Å². The molecule has 10 nitrogen and oxygen atoms in total. The van der Waals surface area contributed by atoms with Gasteiger partial charge < -0.3 is 14.8 Å². The second-order valence-corrected chi connectivity index (χ2v) is 8.68. The van der Waals surface area contributed by atoms with Crippen LogP contribution in [0.2, 0.25) is 0 Å². The van der Waals surface area contributed by atoms with Gasteiger partial charge in [0, 0.05) is 26.7 Å². The van der Waals surface area contributed by atoms with E-state index >= 15 is 0 Å². The number of nitrogens with zero attached hydrogens (tertiary/aromatic N) is 2. The summed E-state index contributed by atoms with van der Waals surface area (Å²) in [6.07, 6.45) is 0. The quantitative estimate of drug-likeness (QED) is 0.639. The molecule has 0 spiro atoms. The fraction of sp³-hybridized carbons (Fsp3) is 0.250. The Labute approximate surface area is 180 Å². The number of esters is 2. The van der Waals surface area contributed by atoms with E-state index in [1.54, 1.807) is 0 Å². The van der Waals surface area contributed by atoms with E-state index in [1.165, 1.54) is 77.8 Å². The Morgan fingerprint density at radius 2 is 1.39 bits per heavy atom. The van der Waals surface area contributed by atoms with Crippen LogP contribution < -0.4 is 9.62 Å². The van der Waals surface area contributed by atoms with Crippen molar-refractivity contribution in [1.82, 2.24) is 4.31 Å². The van der Waals surface area contributed by atoms with Gasteiger partial charge in [0.15, 0.2) is 0 Å². The van der Waals surface area contributed by atoms with Crippen LogP contribution in [0.3, 0.4) is 0 Å². The van der Waals surface area contributed by atoms with Crippen molar-refractivity contribution in [2.24, 2.45) is 0 Å². The van der Waals surface area contributed by atoms with Crippen molar-refractivity contribution < 1.29 is 32.3 Å². The molecule has 0 aliphatic carbocycles. The highest BCUT2D eigenvalue weighted by Gasteiger charge is 2.22. The molecule has 0 heterocycles. The first-order valence-electron chi connectivity index (χ1n) is 8.91. The maximum absolute atomic E-state index is 12.7. The van der Waals surface area contributed by atoms with Gasteiger partial charge in [-0.1, -0.05) is 0 Å². The van der Waals surface area contributed by atoms with Crippen LogP contribution in [0, 0.1) is 0 Å². The molecule has 1 N–H and O–H groups in total. The van der Waals surface area contributed by atoms with E-state index in [-0.39, 0.29) is 22.4 Å². The molecular formula is C20H23N3O7S. The van der Waals surface area contributed by atoms with E-state index in [2.05, 4.69) is 10.1 Å². The van der Waals surface area contributed by atoms with Crippen LogP contribution >= 0.6 is 0 Å². The fourth-order valence-corrected chi connectivity index (χ4v) is 3.45. The number of methoxy groups -OCH3 is 2. The van der Waals surface area contributed by atoms with Gasteiger partial charge in [-0.2, -0.15) is 12.7 Å². The molecule has 11 heteroatoms. The number of hydrogen-bond donors (Lipinski definition) is 1. The molecule has 0 bridgehead atoms. The number of amides is 1. The maximum Gasteiger partial charge on any atom is 0.339 e. The second-order valence-electron chi connectivity index (χ2n) is 6.50. The summed E-state index contributed by atoms with van der Waals surface area (Å²) in [5, 5.41) is 2.57. The highest BCUT2D eigenvalue weighted by atomic mass is 32.2. The second kappa shape index (κ2) is 9.58. The Morgan fingerprint density at radius 3 is 1.90 bits per heavy atom. The summed E-state index contributed by atoms with van der Waals surface area (Å²) in [5.41, 5.74) is 0.816. The fourth-order valence-electron chi connectivity index (χ4n) is 2.58. The number of carbonyl (C=O) groups excluding carboxylic acids is 3. The molecule has 0 saturated carbocycles. The number of anilines is 2. The predicted octanol–water partition coefficient (Wildman–Crippen LogP) is 1.75. The normalized spacial score (nSPS) is 11.0. The summed E-state index contributed by atoms with van der Waals surface area (Å²) >= 11 is 0. The highest BCUT2D eigenvalue weighted by molar-refractivity contribution is 7.90. The van der Waals surface area contributed by atoms with Gasteiger partial charge in [-0.3, -0.25) is 9.10 Å². The van der Waals surface area contributed by atoms with Crippen LogP contribution in [-0.2, 0) is 19.7 Å². The van der Waals surface area contributed by atoms with E-state index in [1.807, 2.05) is 0 Å². The van der Waals surface area contributed by atoms with Gasteiger partial charge in [0.1, 0.15) is 0 Å². The minimum Gasteiger partial charge on any atom is -0.465 e. The average molecular weight is 449 g/mol. The summed E-state index contributed by atoms with van der Waals surface area (Å²) in [4.78, 5) is 36.5. The smallest absolute Gasteiger partial charge is 0.339 e. The zero-order chi connectivity index (χ0) is 23.3. The lowest BCUT2D eigenvalue weighted by atomic mass is 10.1. The zero-order valence-electron chi connectivity index (χ0n) is 17.7. The highest BCUT2D eigenvalue weighted by Crippen LogP contribution is 2.22. The number of hydrogen-bond acceptors (Lipinski definition) is 7. The molecule has 31 heavy (non-hydrogen) atoms. The van der Waals surface area contributed by atoms with E-state index in [9.17, 15) is 22.8 Å². The van der Waals surface area contributed by atoms with Crippen molar-refractivity contribution in [2.75, 3.05) is 45.0 Å². The van der Waals surface area contributed by atoms with E-state index in [0.717, 1.165) is 8.61 Å². The van der Waals surface area contributed by atoms with Crippen LogP contribution in [-0.4, -0.2) is 65.9 Å². The van der Waals surface area contributed by atoms with Crippen molar-refractivity contribution in [3.05, 3.63) is 59.2 Å². The van der Waals surface area contributed by atoms with E-state index in [4.69, 9.17) is 4.74 Å². The minimum atomic E-state index is -3.67. The molecule has 166 valence electrons. The topological polar surface area (TPSA) is 122 Å². The first-order valence-corrected chi connectivity index (χ1v) is 10.3. The van der Waals surface area contributed by atoms with Gasteiger partial charge in [-0.25, -0.2) is 9.59 Å². The van der Waals surface area contributed by atoms with Crippen LogP contribution in [0.4, 0.5) is 11.4 Å².